The van der Waals surface area contributed by atoms with Crippen molar-refractivity contribution in [3.05, 3.63) is 11.9 Å². The van der Waals surface area contributed by atoms with Gasteiger partial charge in [0.1, 0.15) is 0 Å². The summed E-state index contributed by atoms with van der Waals surface area (Å²) in [6, 6.07) is 0. The number of nitrogens with two attached hydrogens (primary N) is 1. The Morgan fingerprint density at radius 2 is 2.21 bits per heavy atom. The summed E-state index contributed by atoms with van der Waals surface area (Å²) >= 11 is 0. The number of nitrogens with zero attached hydrogens (tertiary/aromatic N) is 2. The summed E-state index contributed by atoms with van der Waals surface area (Å²) in [7, 11) is 3.73. The normalized spacial score (nSPS) is 27.8. The van der Waals surface area contributed by atoms with E-state index in [2.05, 4.69) is 18.9 Å². The summed E-state index contributed by atoms with van der Waals surface area (Å²) in [5, 5.41) is 4.35. The summed E-state index contributed by atoms with van der Waals surface area (Å²) in [5.41, 5.74) is 7.22. The van der Waals surface area contributed by atoms with Gasteiger partial charge in [-0.15, -0.1) is 0 Å². The minimum absolute atomic E-state index is 0.480. The van der Waals surface area contributed by atoms with Crippen LogP contribution in [0.3, 0.4) is 0 Å². The molecule has 3 unspecified atom stereocenters. The molecule has 4 nitrogen and oxygen atoms in total. The zero-order valence-corrected chi connectivity index (χ0v) is 12.6. The molecule has 0 spiro atoms. The Kier molecular flexibility index (Phi) is 4.50. The van der Waals surface area contributed by atoms with Crippen molar-refractivity contribution in [2.45, 2.75) is 39.0 Å². The molecule has 1 saturated carbocycles. The lowest BCUT2D eigenvalue weighted by molar-refractivity contribution is 0.189. The van der Waals surface area contributed by atoms with Crippen LogP contribution in [0.25, 0.3) is 0 Å². The maximum absolute atomic E-state index is 5.99. The van der Waals surface area contributed by atoms with Crippen molar-refractivity contribution in [3.63, 3.8) is 0 Å². The lowest BCUT2D eigenvalue weighted by atomic mass is 9.69. The predicted molar refractivity (Wildman–Crippen MR) is 77.2 cm³/mol. The fourth-order valence-corrected chi connectivity index (χ4v) is 3.50. The number of hydrogen-bond donors (Lipinski definition) is 1. The summed E-state index contributed by atoms with van der Waals surface area (Å²) < 4.78 is 7.45. The lowest BCUT2D eigenvalue weighted by Crippen LogP contribution is -2.32. The van der Waals surface area contributed by atoms with E-state index in [-0.39, 0.29) is 0 Å². The van der Waals surface area contributed by atoms with Crippen molar-refractivity contribution in [1.29, 1.82) is 0 Å². The Morgan fingerprint density at radius 1 is 1.47 bits per heavy atom. The molecule has 1 aliphatic carbocycles. The van der Waals surface area contributed by atoms with Crippen molar-refractivity contribution >= 4 is 0 Å². The zero-order chi connectivity index (χ0) is 14.0. The fourth-order valence-electron chi connectivity index (χ4n) is 3.50. The first-order valence-corrected chi connectivity index (χ1v) is 7.34. The van der Waals surface area contributed by atoms with Crippen LogP contribution in [0.4, 0.5) is 0 Å². The van der Waals surface area contributed by atoms with Gasteiger partial charge in [0.2, 0.25) is 0 Å². The van der Waals surface area contributed by atoms with E-state index < -0.39 is 0 Å². The highest BCUT2D eigenvalue weighted by atomic mass is 16.5. The number of ether oxygens (including phenoxy) is 1. The van der Waals surface area contributed by atoms with Gasteiger partial charge in [0.25, 0.3) is 0 Å². The van der Waals surface area contributed by atoms with E-state index in [4.69, 9.17) is 10.5 Å². The highest BCUT2D eigenvalue weighted by Gasteiger charge is 2.35. The third-order valence-electron chi connectivity index (χ3n) is 4.80. The summed E-state index contributed by atoms with van der Waals surface area (Å²) in [6.45, 7) is 5.40. The molecule has 0 radical (unpaired) electrons. The standard InChI is InChI=1S/C15H27N3O/c1-10(2)11-5-6-12(8-16)13(7-11)15-14(19-4)9-17-18(15)3/h9-13H,5-8,16H2,1-4H3. The van der Waals surface area contributed by atoms with E-state index in [0.29, 0.717) is 11.8 Å². The first-order chi connectivity index (χ1) is 9.08. The minimum Gasteiger partial charge on any atom is -0.493 e. The van der Waals surface area contributed by atoms with Crippen molar-refractivity contribution in [3.8, 4) is 5.75 Å². The molecule has 0 bridgehead atoms. The molecular weight excluding hydrogens is 238 g/mol. The van der Waals surface area contributed by atoms with Gasteiger partial charge in [-0.1, -0.05) is 13.8 Å². The molecule has 1 aromatic heterocycles. The van der Waals surface area contributed by atoms with Crippen LogP contribution in [0.5, 0.6) is 5.75 Å². The Morgan fingerprint density at radius 3 is 2.79 bits per heavy atom. The van der Waals surface area contributed by atoms with Crippen molar-refractivity contribution < 1.29 is 4.74 Å². The van der Waals surface area contributed by atoms with Gasteiger partial charge in [-0.05, 0) is 43.6 Å². The predicted octanol–water partition coefficient (Wildman–Crippen LogP) is 2.54. The van der Waals surface area contributed by atoms with Crippen LogP contribution in [0.2, 0.25) is 0 Å². The second-order valence-corrected chi connectivity index (χ2v) is 6.14. The number of hydrogen-bond acceptors (Lipinski definition) is 3. The quantitative estimate of drug-likeness (QED) is 0.910. The van der Waals surface area contributed by atoms with Gasteiger partial charge in [-0.2, -0.15) is 5.10 Å². The van der Waals surface area contributed by atoms with Crippen molar-refractivity contribution in [1.82, 2.24) is 9.78 Å². The molecule has 0 aromatic carbocycles. The third-order valence-corrected chi connectivity index (χ3v) is 4.80. The average molecular weight is 265 g/mol. The van der Waals surface area contributed by atoms with Gasteiger partial charge in [0.05, 0.1) is 19.0 Å². The van der Waals surface area contributed by atoms with E-state index in [9.17, 15) is 0 Å². The highest BCUT2D eigenvalue weighted by Crippen LogP contribution is 2.44. The Bertz CT molecular complexity index is 414. The molecule has 0 aliphatic heterocycles. The second-order valence-electron chi connectivity index (χ2n) is 6.14. The molecule has 19 heavy (non-hydrogen) atoms. The maximum atomic E-state index is 5.99. The van der Waals surface area contributed by atoms with Gasteiger partial charge >= 0.3 is 0 Å². The third kappa shape index (κ3) is 2.78. The number of aromatic nitrogens is 2. The molecule has 1 heterocycles. The first kappa shape index (κ1) is 14.4. The molecule has 0 amide bonds. The van der Waals surface area contributed by atoms with Gasteiger partial charge in [0.15, 0.2) is 5.75 Å². The van der Waals surface area contributed by atoms with Crippen LogP contribution < -0.4 is 10.5 Å². The van der Waals surface area contributed by atoms with Crippen LogP contribution in [-0.2, 0) is 7.05 Å². The average Bonchev–Trinajstić information content (AvgIpc) is 2.78. The minimum atomic E-state index is 0.480. The molecular formula is C15H27N3O. The van der Waals surface area contributed by atoms with E-state index in [1.807, 2.05) is 17.9 Å². The number of methoxy groups -OCH3 is 1. The number of rotatable bonds is 4. The molecule has 0 saturated heterocycles. The van der Waals surface area contributed by atoms with E-state index >= 15 is 0 Å². The Labute approximate surface area is 116 Å². The highest BCUT2D eigenvalue weighted by molar-refractivity contribution is 5.29. The second kappa shape index (κ2) is 5.95. The lowest BCUT2D eigenvalue weighted by Gasteiger charge is -2.37. The van der Waals surface area contributed by atoms with Crippen LogP contribution >= 0.6 is 0 Å². The molecule has 1 aliphatic rings. The Hall–Kier alpha value is -1.03. The molecule has 1 aromatic rings. The summed E-state index contributed by atoms with van der Waals surface area (Å²) in [5.74, 6) is 3.47. The molecule has 2 N–H and O–H groups in total. The van der Waals surface area contributed by atoms with Gasteiger partial charge in [-0.3, -0.25) is 4.68 Å². The van der Waals surface area contributed by atoms with Crippen LogP contribution in [-0.4, -0.2) is 23.4 Å². The maximum Gasteiger partial charge on any atom is 0.160 e. The smallest absolute Gasteiger partial charge is 0.160 e. The zero-order valence-electron chi connectivity index (χ0n) is 12.6. The first-order valence-electron chi connectivity index (χ1n) is 7.34. The topological polar surface area (TPSA) is 53.1 Å². The van der Waals surface area contributed by atoms with Gasteiger partial charge in [0, 0.05) is 13.0 Å². The molecule has 2 rings (SSSR count). The SMILES string of the molecule is COc1cnn(C)c1C1CC(C(C)C)CCC1CN. The monoisotopic (exact) mass is 265 g/mol. The number of aryl methyl sites for hydroxylation is 1. The fraction of sp³-hybridized carbons (Fsp3) is 0.800. The molecule has 3 atom stereocenters. The van der Waals surface area contributed by atoms with Crippen LogP contribution in [0.15, 0.2) is 6.20 Å². The summed E-state index contributed by atoms with van der Waals surface area (Å²) in [6.07, 6.45) is 5.55. The molecule has 108 valence electrons. The van der Waals surface area contributed by atoms with Crippen LogP contribution in [0.1, 0.15) is 44.7 Å². The van der Waals surface area contributed by atoms with Crippen molar-refractivity contribution in [2.24, 2.45) is 30.5 Å². The van der Waals surface area contributed by atoms with E-state index in [0.717, 1.165) is 24.1 Å². The Balaban J connectivity index is 2.29. The van der Waals surface area contributed by atoms with Gasteiger partial charge < -0.3 is 10.5 Å². The van der Waals surface area contributed by atoms with Crippen LogP contribution in [0, 0.1) is 17.8 Å². The molecule has 4 heteroatoms. The molecule has 1 fully saturated rings. The van der Waals surface area contributed by atoms with Crippen molar-refractivity contribution in [2.75, 3.05) is 13.7 Å². The van der Waals surface area contributed by atoms with E-state index in [1.165, 1.54) is 25.0 Å². The van der Waals surface area contributed by atoms with Gasteiger partial charge in [-0.25, -0.2) is 0 Å². The summed E-state index contributed by atoms with van der Waals surface area (Å²) in [4.78, 5) is 0. The van der Waals surface area contributed by atoms with E-state index in [1.54, 1.807) is 7.11 Å². The largest absolute Gasteiger partial charge is 0.493 e.